The van der Waals surface area contributed by atoms with Crippen LogP contribution in [-0.4, -0.2) is 49.3 Å². The summed E-state index contributed by atoms with van der Waals surface area (Å²) in [4.78, 5) is 26.9. The predicted molar refractivity (Wildman–Crippen MR) is 174 cm³/mol. The minimum Gasteiger partial charge on any atom is -0.492 e. The van der Waals surface area contributed by atoms with Gasteiger partial charge in [-0.1, -0.05) is 55.8 Å². The van der Waals surface area contributed by atoms with Crippen molar-refractivity contribution in [2.75, 3.05) is 26.3 Å². The third-order valence-electron chi connectivity index (χ3n) is 8.82. The third-order valence-corrected chi connectivity index (χ3v) is 8.82. The molecule has 8 nitrogen and oxygen atoms in total. The van der Waals surface area contributed by atoms with E-state index in [0.717, 1.165) is 55.4 Å². The number of benzene rings is 3. The summed E-state index contributed by atoms with van der Waals surface area (Å²) in [6.07, 6.45) is 5.35. The summed E-state index contributed by atoms with van der Waals surface area (Å²) < 4.78 is 38.1. The van der Waals surface area contributed by atoms with Crippen molar-refractivity contribution in [3.63, 3.8) is 0 Å². The fourth-order valence-corrected chi connectivity index (χ4v) is 6.18. The second kappa shape index (κ2) is 16.3. The largest absolute Gasteiger partial charge is 0.492 e. The molecule has 3 aromatic carbocycles. The smallest absolute Gasteiger partial charge is 0.407 e. The number of fused-ring (bicyclic) bond motifs is 1. The molecule has 0 bridgehead atoms. The van der Waals surface area contributed by atoms with E-state index in [1.807, 2.05) is 60.7 Å². The number of nitrogens with zero attached hydrogens (tertiary/aromatic N) is 1. The van der Waals surface area contributed by atoms with E-state index in [1.165, 1.54) is 0 Å². The van der Waals surface area contributed by atoms with Crippen LogP contribution in [0.1, 0.15) is 73.9 Å². The van der Waals surface area contributed by atoms with Gasteiger partial charge in [-0.15, -0.1) is 0 Å². The fraction of sp³-hybridized carbons (Fsp3) is 0.459. The van der Waals surface area contributed by atoms with E-state index in [-0.39, 0.29) is 29.9 Å². The molecule has 1 saturated carbocycles. The molecule has 1 aliphatic heterocycles. The van der Waals surface area contributed by atoms with Crippen molar-refractivity contribution in [3.05, 3.63) is 89.2 Å². The number of halogens is 1. The van der Waals surface area contributed by atoms with Gasteiger partial charge in [0, 0.05) is 19.2 Å². The minimum absolute atomic E-state index is 0.0233. The molecule has 46 heavy (non-hydrogen) atoms. The predicted octanol–water partition coefficient (Wildman–Crippen LogP) is 7.54. The van der Waals surface area contributed by atoms with Crippen molar-refractivity contribution in [2.24, 2.45) is 11.8 Å². The molecule has 1 N–H and O–H groups in total. The molecular weight excluding hydrogens is 587 g/mol. The van der Waals surface area contributed by atoms with E-state index in [9.17, 15) is 9.59 Å². The summed E-state index contributed by atoms with van der Waals surface area (Å²) in [5.74, 6) is 1.60. The summed E-state index contributed by atoms with van der Waals surface area (Å²) in [7, 11) is 0. The zero-order chi connectivity index (χ0) is 32.3. The summed E-state index contributed by atoms with van der Waals surface area (Å²) in [6.45, 7) is 6.53. The van der Waals surface area contributed by atoms with E-state index in [0.29, 0.717) is 50.4 Å². The van der Waals surface area contributed by atoms with Crippen molar-refractivity contribution in [1.29, 1.82) is 0 Å². The van der Waals surface area contributed by atoms with Crippen molar-refractivity contribution in [3.8, 4) is 17.2 Å². The average Bonchev–Trinajstić information content (AvgIpc) is 3.39. The van der Waals surface area contributed by atoms with E-state index in [1.54, 1.807) is 11.0 Å². The Labute approximate surface area is 271 Å². The van der Waals surface area contributed by atoms with Crippen LogP contribution in [0.15, 0.2) is 66.7 Å². The molecule has 2 aliphatic rings. The Bertz CT molecular complexity index is 1440. The van der Waals surface area contributed by atoms with Crippen LogP contribution in [0.2, 0.25) is 0 Å². The van der Waals surface area contributed by atoms with E-state index >= 15 is 4.39 Å². The second-order valence-corrected chi connectivity index (χ2v) is 12.2. The summed E-state index contributed by atoms with van der Waals surface area (Å²) >= 11 is 0. The maximum atomic E-state index is 15.1. The van der Waals surface area contributed by atoms with Gasteiger partial charge in [0.05, 0.1) is 24.8 Å². The maximum Gasteiger partial charge on any atom is 0.407 e. The number of ether oxygens (including phenoxy) is 4. The number of alkyl carbamates (subject to hydrolysis) is 1. The molecule has 0 radical (unpaired) electrons. The zero-order valence-corrected chi connectivity index (χ0v) is 26.8. The minimum atomic E-state index is -0.527. The first-order valence-corrected chi connectivity index (χ1v) is 16.5. The molecule has 1 fully saturated rings. The Hall–Kier alpha value is -4.27. The average molecular weight is 633 g/mol. The van der Waals surface area contributed by atoms with Gasteiger partial charge >= 0.3 is 6.09 Å². The molecule has 5 rings (SSSR count). The number of rotatable bonds is 15. The molecule has 2 amide bonds. The topological polar surface area (TPSA) is 86.3 Å². The lowest BCUT2D eigenvalue weighted by atomic mass is 9.79. The normalized spacial score (nSPS) is 18.1. The summed E-state index contributed by atoms with van der Waals surface area (Å²) in [6, 6.07) is 20.5. The number of nitrogens with one attached hydrogen (secondary N) is 1. The first kappa shape index (κ1) is 33.1. The van der Waals surface area contributed by atoms with Crippen LogP contribution in [0.3, 0.4) is 0 Å². The first-order valence-electron chi connectivity index (χ1n) is 16.5. The Kier molecular flexibility index (Phi) is 11.8. The monoisotopic (exact) mass is 632 g/mol. The number of hydrogen-bond donors (Lipinski definition) is 1. The number of hydrogen-bond acceptors (Lipinski definition) is 6. The number of unbranched alkanes of at least 4 members (excludes halogenated alkanes) is 1. The zero-order valence-electron chi connectivity index (χ0n) is 26.8. The first-order chi connectivity index (χ1) is 22.4. The molecule has 246 valence electrons. The highest BCUT2D eigenvalue weighted by molar-refractivity contribution is 5.99. The molecule has 1 unspecified atom stereocenters. The molecule has 1 atom stereocenters. The molecule has 0 aromatic heterocycles. The molecular formula is C37H45FN2O6. The van der Waals surface area contributed by atoms with Crippen LogP contribution in [0.4, 0.5) is 9.18 Å². The van der Waals surface area contributed by atoms with Crippen LogP contribution >= 0.6 is 0 Å². The lowest BCUT2D eigenvalue weighted by Crippen LogP contribution is -2.34. The van der Waals surface area contributed by atoms with Crippen molar-refractivity contribution < 1.29 is 32.9 Å². The molecule has 3 aromatic rings. The SMILES string of the molecule is CCCCOc1ccc2c(c1F)C(=O)N(C[C@H]1CC[C@H](C(C)Oc3cccc(OCCNC(=O)OCc4ccccc4)c3)CC1)C2. The highest BCUT2D eigenvalue weighted by Gasteiger charge is 2.35. The van der Waals surface area contributed by atoms with Gasteiger partial charge in [0.25, 0.3) is 5.91 Å². The van der Waals surface area contributed by atoms with Crippen LogP contribution in [0.25, 0.3) is 0 Å². The van der Waals surface area contributed by atoms with Gasteiger partial charge in [-0.05, 0) is 80.2 Å². The number of carbonyl (C=O) groups excluding carboxylic acids is 2. The molecule has 1 heterocycles. The Morgan fingerprint density at radius 2 is 1.76 bits per heavy atom. The number of amides is 2. The quantitative estimate of drug-likeness (QED) is 0.174. The van der Waals surface area contributed by atoms with E-state index in [2.05, 4.69) is 19.2 Å². The third kappa shape index (κ3) is 8.92. The Morgan fingerprint density at radius 3 is 2.54 bits per heavy atom. The fourth-order valence-electron chi connectivity index (χ4n) is 6.18. The van der Waals surface area contributed by atoms with Crippen molar-refractivity contribution in [1.82, 2.24) is 10.2 Å². The van der Waals surface area contributed by atoms with Gasteiger partial charge < -0.3 is 29.2 Å². The van der Waals surface area contributed by atoms with Gasteiger partial charge in [0.1, 0.15) is 24.7 Å². The second-order valence-electron chi connectivity index (χ2n) is 12.2. The maximum absolute atomic E-state index is 15.1. The Balaban J connectivity index is 1.01. The van der Waals surface area contributed by atoms with E-state index < -0.39 is 11.9 Å². The van der Waals surface area contributed by atoms with Gasteiger partial charge in [-0.3, -0.25) is 4.79 Å². The highest BCUT2D eigenvalue weighted by Crippen LogP contribution is 2.36. The molecule has 0 saturated heterocycles. The number of carbonyl (C=O) groups is 2. The van der Waals surface area contributed by atoms with Crippen LogP contribution in [0, 0.1) is 17.7 Å². The summed E-state index contributed by atoms with van der Waals surface area (Å²) in [5, 5.41) is 2.70. The van der Waals surface area contributed by atoms with Crippen molar-refractivity contribution in [2.45, 2.75) is 71.6 Å². The van der Waals surface area contributed by atoms with Gasteiger partial charge in [-0.2, -0.15) is 0 Å². The lowest BCUT2D eigenvalue weighted by Gasteiger charge is -2.34. The summed E-state index contributed by atoms with van der Waals surface area (Å²) in [5.41, 5.74) is 1.84. The van der Waals surface area contributed by atoms with Gasteiger partial charge in [-0.25, -0.2) is 9.18 Å². The van der Waals surface area contributed by atoms with Gasteiger partial charge in [0.15, 0.2) is 11.6 Å². The van der Waals surface area contributed by atoms with Gasteiger partial charge in [0.2, 0.25) is 0 Å². The van der Waals surface area contributed by atoms with Crippen LogP contribution in [-0.2, 0) is 17.9 Å². The standard InChI is InChI=1S/C37H45FN2O6/c1-3-4-20-44-33-18-17-30-24-40(36(41)34(30)35(33)38)23-27-13-15-29(16-14-27)26(2)46-32-12-8-11-31(22-32)43-21-19-39-37(42)45-25-28-9-6-5-7-10-28/h5-12,17-18,22,26-27,29H,3-4,13-16,19-21,23-25H2,1-2H3,(H,39,42)/t26?,27-,29-. The highest BCUT2D eigenvalue weighted by atomic mass is 19.1. The molecule has 0 spiro atoms. The van der Waals surface area contributed by atoms with Crippen LogP contribution < -0.4 is 19.5 Å². The van der Waals surface area contributed by atoms with Crippen molar-refractivity contribution >= 4 is 12.0 Å². The Morgan fingerprint density at radius 1 is 0.978 bits per heavy atom. The molecule has 9 heteroatoms. The molecule has 1 aliphatic carbocycles. The van der Waals surface area contributed by atoms with E-state index in [4.69, 9.17) is 18.9 Å². The van der Waals surface area contributed by atoms with Crippen LogP contribution in [0.5, 0.6) is 17.2 Å². The lowest BCUT2D eigenvalue weighted by molar-refractivity contribution is 0.0682.